The third-order valence-electron chi connectivity index (χ3n) is 2.39. The predicted molar refractivity (Wildman–Crippen MR) is 76.0 cm³/mol. The molecule has 2 aromatic rings. The van der Waals surface area contributed by atoms with Crippen molar-refractivity contribution in [1.29, 1.82) is 5.26 Å². The van der Waals surface area contributed by atoms with Crippen molar-refractivity contribution >= 4 is 39.3 Å². The van der Waals surface area contributed by atoms with E-state index in [9.17, 15) is 9.18 Å². The molecule has 0 atom stereocenters. The molecular weight excluding hydrogens is 349 g/mol. The van der Waals surface area contributed by atoms with E-state index in [1.54, 1.807) is 6.07 Å². The quantitative estimate of drug-likeness (QED) is 0.835. The number of anilines is 1. The van der Waals surface area contributed by atoms with Crippen molar-refractivity contribution in [2.24, 2.45) is 0 Å². The van der Waals surface area contributed by atoms with Crippen molar-refractivity contribution < 1.29 is 9.18 Å². The summed E-state index contributed by atoms with van der Waals surface area (Å²) in [6.45, 7) is 0. The van der Waals surface area contributed by atoms with Crippen LogP contribution in [0.4, 0.5) is 10.2 Å². The molecule has 0 saturated carbocycles. The highest BCUT2D eigenvalue weighted by atomic mass is 79.9. The van der Waals surface area contributed by atoms with Gasteiger partial charge in [0, 0.05) is 4.47 Å². The number of hydrogen-bond donors (Lipinski definition) is 1. The Morgan fingerprint density at radius 2 is 2.15 bits per heavy atom. The first-order chi connectivity index (χ1) is 9.51. The average molecular weight is 355 g/mol. The Bertz CT molecular complexity index is 730. The molecule has 1 amide bonds. The van der Waals surface area contributed by atoms with E-state index in [0.29, 0.717) is 4.47 Å². The molecule has 0 aliphatic carbocycles. The van der Waals surface area contributed by atoms with Gasteiger partial charge in [0.1, 0.15) is 22.9 Å². The zero-order valence-electron chi connectivity index (χ0n) is 9.82. The third-order valence-corrected chi connectivity index (χ3v) is 3.17. The van der Waals surface area contributed by atoms with Gasteiger partial charge in [-0.2, -0.15) is 5.26 Å². The molecule has 4 nitrogen and oxygen atoms in total. The largest absolute Gasteiger partial charge is 0.306 e. The lowest BCUT2D eigenvalue weighted by molar-refractivity contribution is 0.102. The number of benzene rings is 1. The van der Waals surface area contributed by atoms with Crippen LogP contribution < -0.4 is 5.32 Å². The van der Waals surface area contributed by atoms with Crippen molar-refractivity contribution in [2.45, 2.75) is 0 Å². The van der Waals surface area contributed by atoms with E-state index in [1.807, 2.05) is 6.07 Å². The van der Waals surface area contributed by atoms with Crippen LogP contribution in [0, 0.1) is 17.1 Å². The molecule has 1 N–H and O–H groups in total. The minimum Gasteiger partial charge on any atom is -0.306 e. The van der Waals surface area contributed by atoms with E-state index in [1.165, 1.54) is 24.3 Å². The Morgan fingerprint density at radius 1 is 1.40 bits per heavy atom. The second-order valence-electron chi connectivity index (χ2n) is 3.72. The maximum Gasteiger partial charge on any atom is 0.259 e. The summed E-state index contributed by atoms with van der Waals surface area (Å²) < 4.78 is 14.2. The summed E-state index contributed by atoms with van der Waals surface area (Å²) in [5.41, 5.74) is 0.0787. The van der Waals surface area contributed by atoms with Crippen molar-refractivity contribution in [3.8, 4) is 6.07 Å². The van der Waals surface area contributed by atoms with Crippen LogP contribution >= 0.6 is 27.5 Å². The molecule has 1 heterocycles. The summed E-state index contributed by atoms with van der Waals surface area (Å²) in [6, 6.07) is 8.77. The maximum absolute atomic E-state index is 13.6. The number of carbonyl (C=O) groups is 1. The highest BCUT2D eigenvalue weighted by Gasteiger charge is 2.13. The summed E-state index contributed by atoms with van der Waals surface area (Å²) in [6.07, 6.45) is 0. The standard InChI is InChI=1S/C13H6BrClFN3O/c14-8-2-3-9(10(16)5-8)13(20)19-11-4-1-7(6-17)12(15)18-11/h1-5H,(H,18,19,20). The average Bonchev–Trinajstić information content (AvgIpc) is 2.38. The first-order valence-electron chi connectivity index (χ1n) is 5.34. The molecule has 1 aromatic carbocycles. The zero-order valence-corrected chi connectivity index (χ0v) is 12.2. The summed E-state index contributed by atoms with van der Waals surface area (Å²) in [4.78, 5) is 15.7. The number of amides is 1. The lowest BCUT2D eigenvalue weighted by Crippen LogP contribution is -2.14. The summed E-state index contributed by atoms with van der Waals surface area (Å²) in [7, 11) is 0. The number of nitriles is 1. The number of carbonyl (C=O) groups excluding carboxylic acids is 1. The van der Waals surface area contributed by atoms with E-state index in [0.717, 1.165) is 0 Å². The fourth-order valence-corrected chi connectivity index (χ4v) is 1.97. The highest BCUT2D eigenvalue weighted by Crippen LogP contribution is 2.18. The monoisotopic (exact) mass is 353 g/mol. The summed E-state index contributed by atoms with van der Waals surface area (Å²) >= 11 is 8.85. The molecule has 0 aliphatic rings. The van der Waals surface area contributed by atoms with Crippen molar-refractivity contribution in [3.05, 3.63) is 56.9 Å². The van der Waals surface area contributed by atoms with Gasteiger partial charge in [-0.05, 0) is 30.3 Å². The second-order valence-corrected chi connectivity index (χ2v) is 5.00. The molecule has 0 bridgehead atoms. The van der Waals surface area contributed by atoms with Gasteiger partial charge in [-0.25, -0.2) is 9.37 Å². The molecule has 7 heteroatoms. The molecule has 100 valence electrons. The molecule has 0 spiro atoms. The minimum atomic E-state index is -0.656. The van der Waals surface area contributed by atoms with Gasteiger partial charge in [0.15, 0.2) is 0 Å². The molecule has 0 radical (unpaired) electrons. The molecule has 1 aromatic heterocycles. The minimum absolute atomic E-state index is 0.0263. The third kappa shape index (κ3) is 3.13. The molecule has 20 heavy (non-hydrogen) atoms. The predicted octanol–water partition coefficient (Wildman–Crippen LogP) is 3.76. The Balaban J connectivity index is 2.24. The zero-order chi connectivity index (χ0) is 14.7. The first kappa shape index (κ1) is 14.4. The van der Waals surface area contributed by atoms with Gasteiger partial charge in [-0.15, -0.1) is 0 Å². The molecule has 0 saturated heterocycles. The van der Waals surface area contributed by atoms with Gasteiger partial charge in [0.25, 0.3) is 5.91 Å². The number of nitrogens with one attached hydrogen (secondary N) is 1. The van der Waals surface area contributed by atoms with E-state index in [4.69, 9.17) is 16.9 Å². The van der Waals surface area contributed by atoms with Crippen LogP contribution in [0.25, 0.3) is 0 Å². The Kier molecular flexibility index (Phi) is 4.32. The molecule has 0 aliphatic heterocycles. The fraction of sp³-hybridized carbons (Fsp3) is 0. The Hall–Kier alpha value is -1.97. The van der Waals surface area contributed by atoms with Crippen LogP contribution in [0.1, 0.15) is 15.9 Å². The Morgan fingerprint density at radius 3 is 2.75 bits per heavy atom. The molecule has 2 rings (SSSR count). The number of halogens is 3. The number of aromatic nitrogens is 1. The second kappa shape index (κ2) is 5.99. The summed E-state index contributed by atoms with van der Waals surface area (Å²) in [5.74, 6) is -1.17. The number of hydrogen-bond acceptors (Lipinski definition) is 3. The highest BCUT2D eigenvalue weighted by molar-refractivity contribution is 9.10. The van der Waals surface area contributed by atoms with E-state index >= 15 is 0 Å². The molecular formula is C13H6BrClFN3O. The normalized spacial score (nSPS) is 9.90. The smallest absolute Gasteiger partial charge is 0.259 e. The number of pyridine rings is 1. The van der Waals surface area contributed by atoms with Gasteiger partial charge in [0.05, 0.1) is 11.1 Å². The van der Waals surface area contributed by atoms with Crippen LogP contribution in [-0.4, -0.2) is 10.9 Å². The van der Waals surface area contributed by atoms with Gasteiger partial charge in [0.2, 0.25) is 0 Å². The SMILES string of the molecule is N#Cc1ccc(NC(=O)c2ccc(Br)cc2F)nc1Cl. The van der Waals surface area contributed by atoms with E-state index in [-0.39, 0.29) is 22.1 Å². The lowest BCUT2D eigenvalue weighted by Gasteiger charge is -2.06. The maximum atomic E-state index is 13.6. The Labute approximate surface area is 127 Å². The van der Waals surface area contributed by atoms with Crippen molar-refractivity contribution in [3.63, 3.8) is 0 Å². The van der Waals surface area contributed by atoms with Crippen LogP contribution in [0.5, 0.6) is 0 Å². The van der Waals surface area contributed by atoms with Crippen LogP contribution in [-0.2, 0) is 0 Å². The molecule has 0 fully saturated rings. The van der Waals surface area contributed by atoms with E-state index < -0.39 is 11.7 Å². The topological polar surface area (TPSA) is 65.8 Å². The van der Waals surface area contributed by atoms with Gasteiger partial charge in [-0.3, -0.25) is 4.79 Å². The fourth-order valence-electron chi connectivity index (χ4n) is 1.44. The van der Waals surface area contributed by atoms with Crippen LogP contribution in [0.3, 0.4) is 0 Å². The van der Waals surface area contributed by atoms with Gasteiger partial charge >= 0.3 is 0 Å². The van der Waals surface area contributed by atoms with E-state index in [2.05, 4.69) is 26.2 Å². The van der Waals surface area contributed by atoms with Gasteiger partial charge < -0.3 is 5.32 Å². The summed E-state index contributed by atoms with van der Waals surface area (Å²) in [5, 5.41) is 11.1. The molecule has 0 unspecified atom stereocenters. The first-order valence-corrected chi connectivity index (χ1v) is 6.51. The number of rotatable bonds is 2. The lowest BCUT2D eigenvalue weighted by atomic mass is 10.2. The van der Waals surface area contributed by atoms with Crippen molar-refractivity contribution in [1.82, 2.24) is 4.98 Å². The van der Waals surface area contributed by atoms with Gasteiger partial charge in [-0.1, -0.05) is 27.5 Å². The van der Waals surface area contributed by atoms with Crippen molar-refractivity contribution in [2.75, 3.05) is 5.32 Å². The van der Waals surface area contributed by atoms with Crippen LogP contribution in [0.15, 0.2) is 34.8 Å². The number of nitrogens with zero attached hydrogens (tertiary/aromatic N) is 2. The van der Waals surface area contributed by atoms with Crippen LogP contribution in [0.2, 0.25) is 5.15 Å².